The van der Waals surface area contributed by atoms with Crippen molar-refractivity contribution in [3.05, 3.63) is 40.5 Å². The number of aromatic nitrogens is 2. The lowest BCUT2D eigenvalue weighted by atomic mass is 10.1. The fraction of sp³-hybridized carbons (Fsp3) is 0.250. The van der Waals surface area contributed by atoms with Crippen LogP contribution in [0.25, 0.3) is 11.3 Å². The Morgan fingerprint density at radius 2 is 2.12 bits per heavy atom. The predicted octanol–water partition coefficient (Wildman–Crippen LogP) is 2.35. The number of benzene rings is 1. The normalized spacial score (nSPS) is 10.7. The van der Waals surface area contributed by atoms with E-state index >= 15 is 0 Å². The highest BCUT2D eigenvalue weighted by atomic mass is 79.9. The lowest BCUT2D eigenvalue weighted by Crippen LogP contribution is -2.03. The monoisotopic (exact) mass is 279 g/mol. The minimum atomic E-state index is 0.631. The van der Waals surface area contributed by atoms with Crippen molar-refractivity contribution in [2.75, 3.05) is 6.54 Å². The molecule has 0 bridgehead atoms. The van der Waals surface area contributed by atoms with E-state index in [9.17, 15) is 0 Å². The predicted molar refractivity (Wildman–Crippen MR) is 69.1 cm³/mol. The summed E-state index contributed by atoms with van der Waals surface area (Å²) in [4.78, 5) is 0. The maximum atomic E-state index is 5.53. The topological polar surface area (TPSA) is 43.8 Å². The van der Waals surface area contributed by atoms with Crippen molar-refractivity contribution in [2.45, 2.75) is 6.42 Å². The Kier molecular flexibility index (Phi) is 3.41. The van der Waals surface area contributed by atoms with Crippen LogP contribution in [0.15, 0.2) is 34.8 Å². The molecule has 3 nitrogen and oxygen atoms in total. The van der Waals surface area contributed by atoms with E-state index < -0.39 is 0 Å². The van der Waals surface area contributed by atoms with Gasteiger partial charge >= 0.3 is 0 Å². The molecular formula is C12H14BrN3. The van der Waals surface area contributed by atoms with Crippen molar-refractivity contribution >= 4 is 15.9 Å². The summed E-state index contributed by atoms with van der Waals surface area (Å²) >= 11 is 3.55. The zero-order valence-corrected chi connectivity index (χ0v) is 10.7. The van der Waals surface area contributed by atoms with Crippen molar-refractivity contribution < 1.29 is 0 Å². The number of nitrogens with two attached hydrogens (primary N) is 1. The Morgan fingerprint density at radius 1 is 1.38 bits per heavy atom. The molecule has 2 rings (SSSR count). The van der Waals surface area contributed by atoms with Gasteiger partial charge in [-0.15, -0.1) is 0 Å². The van der Waals surface area contributed by atoms with Gasteiger partial charge in [-0.1, -0.05) is 34.1 Å². The number of rotatable bonds is 3. The summed E-state index contributed by atoms with van der Waals surface area (Å²) in [5.41, 5.74) is 8.83. The van der Waals surface area contributed by atoms with Crippen LogP contribution in [0.4, 0.5) is 0 Å². The van der Waals surface area contributed by atoms with Gasteiger partial charge in [0.05, 0.1) is 11.4 Å². The Morgan fingerprint density at radius 3 is 2.81 bits per heavy atom. The number of hydrogen-bond donors (Lipinski definition) is 1. The van der Waals surface area contributed by atoms with Gasteiger partial charge in [-0.05, 0) is 18.7 Å². The average molecular weight is 280 g/mol. The summed E-state index contributed by atoms with van der Waals surface area (Å²) in [6.07, 6.45) is 0.818. The zero-order chi connectivity index (χ0) is 11.5. The first-order valence-electron chi connectivity index (χ1n) is 5.20. The van der Waals surface area contributed by atoms with Gasteiger partial charge in [0.2, 0.25) is 0 Å². The van der Waals surface area contributed by atoms with Crippen molar-refractivity contribution in [3.63, 3.8) is 0 Å². The minimum Gasteiger partial charge on any atom is -0.330 e. The van der Waals surface area contributed by atoms with E-state index in [1.54, 1.807) is 0 Å². The Hall–Kier alpha value is -1.13. The zero-order valence-electron chi connectivity index (χ0n) is 9.15. The molecule has 1 aromatic heterocycles. The molecule has 4 heteroatoms. The van der Waals surface area contributed by atoms with Crippen LogP contribution in [0, 0.1) is 0 Å². The number of hydrogen-bond acceptors (Lipinski definition) is 2. The lowest BCUT2D eigenvalue weighted by molar-refractivity contribution is 0.745. The quantitative estimate of drug-likeness (QED) is 0.938. The van der Waals surface area contributed by atoms with E-state index in [0.717, 1.165) is 27.8 Å². The maximum absolute atomic E-state index is 5.53. The van der Waals surface area contributed by atoms with E-state index in [0.29, 0.717) is 6.54 Å². The number of nitrogens with zero attached hydrogens (tertiary/aromatic N) is 2. The van der Waals surface area contributed by atoms with Crippen LogP contribution in [-0.2, 0) is 13.5 Å². The molecule has 0 aliphatic carbocycles. The third kappa shape index (κ3) is 2.18. The second kappa shape index (κ2) is 4.80. The second-order valence-corrected chi connectivity index (χ2v) is 4.52. The van der Waals surface area contributed by atoms with Gasteiger partial charge in [0.15, 0.2) is 0 Å². The lowest BCUT2D eigenvalue weighted by Gasteiger charge is -2.03. The summed E-state index contributed by atoms with van der Waals surface area (Å²) in [7, 11) is 1.95. The molecule has 0 atom stereocenters. The fourth-order valence-corrected chi connectivity index (χ4v) is 2.21. The van der Waals surface area contributed by atoms with Gasteiger partial charge in [-0.2, -0.15) is 5.10 Å². The van der Waals surface area contributed by atoms with Gasteiger partial charge in [-0.25, -0.2) is 0 Å². The second-order valence-electron chi connectivity index (χ2n) is 3.66. The first-order valence-corrected chi connectivity index (χ1v) is 5.99. The number of aryl methyl sites for hydroxylation is 1. The van der Waals surface area contributed by atoms with Crippen molar-refractivity contribution in [3.8, 4) is 11.3 Å². The summed E-state index contributed by atoms with van der Waals surface area (Å²) in [5.74, 6) is 0. The van der Waals surface area contributed by atoms with Gasteiger partial charge in [0, 0.05) is 23.5 Å². The third-order valence-corrected chi connectivity index (χ3v) is 3.17. The van der Waals surface area contributed by atoms with Crippen LogP contribution in [0.2, 0.25) is 0 Å². The molecule has 1 aromatic carbocycles. The Labute approximate surface area is 103 Å². The highest BCUT2D eigenvalue weighted by molar-refractivity contribution is 9.10. The van der Waals surface area contributed by atoms with E-state index in [1.165, 1.54) is 0 Å². The van der Waals surface area contributed by atoms with Gasteiger partial charge < -0.3 is 5.73 Å². The van der Waals surface area contributed by atoms with Gasteiger partial charge in [-0.3, -0.25) is 4.68 Å². The molecule has 16 heavy (non-hydrogen) atoms. The van der Waals surface area contributed by atoms with Crippen molar-refractivity contribution in [2.24, 2.45) is 12.8 Å². The van der Waals surface area contributed by atoms with Crippen molar-refractivity contribution in [1.82, 2.24) is 9.78 Å². The molecule has 0 amide bonds. The first kappa shape index (κ1) is 11.4. The largest absolute Gasteiger partial charge is 0.330 e. The first-order chi connectivity index (χ1) is 7.72. The van der Waals surface area contributed by atoms with Crippen LogP contribution >= 0.6 is 15.9 Å². The summed E-state index contributed by atoms with van der Waals surface area (Å²) in [5, 5.41) is 4.43. The standard InChI is InChI=1S/C12H14BrN3/c1-16-12(8-9(15-16)6-7-14)10-4-2-3-5-11(10)13/h2-5,8H,6-7,14H2,1H3. The molecule has 0 saturated heterocycles. The van der Waals surface area contributed by atoms with Crippen molar-refractivity contribution in [1.29, 1.82) is 0 Å². The van der Waals surface area contributed by atoms with E-state index in [4.69, 9.17) is 5.73 Å². The molecule has 84 valence electrons. The van der Waals surface area contributed by atoms with E-state index in [1.807, 2.05) is 29.9 Å². The summed E-state index contributed by atoms with van der Waals surface area (Å²) in [6, 6.07) is 10.2. The SMILES string of the molecule is Cn1nc(CCN)cc1-c1ccccc1Br. The maximum Gasteiger partial charge on any atom is 0.0693 e. The molecule has 1 heterocycles. The molecule has 0 spiro atoms. The molecule has 0 fully saturated rings. The van der Waals surface area contributed by atoms with Crippen LogP contribution < -0.4 is 5.73 Å². The molecule has 0 saturated carbocycles. The summed E-state index contributed by atoms with van der Waals surface area (Å²) < 4.78 is 2.97. The molecule has 2 aromatic rings. The van der Waals surface area contributed by atoms with E-state index in [-0.39, 0.29) is 0 Å². The van der Waals surface area contributed by atoms with Crippen LogP contribution in [0.5, 0.6) is 0 Å². The van der Waals surface area contributed by atoms with Gasteiger partial charge in [0.25, 0.3) is 0 Å². The van der Waals surface area contributed by atoms with Crippen LogP contribution in [0.1, 0.15) is 5.69 Å². The third-order valence-electron chi connectivity index (χ3n) is 2.48. The molecule has 0 aliphatic heterocycles. The minimum absolute atomic E-state index is 0.631. The Bertz CT molecular complexity index is 491. The average Bonchev–Trinajstić information content (AvgIpc) is 2.61. The molecule has 0 unspecified atom stereocenters. The fourth-order valence-electron chi connectivity index (χ4n) is 1.72. The highest BCUT2D eigenvalue weighted by Gasteiger charge is 2.09. The smallest absolute Gasteiger partial charge is 0.0693 e. The summed E-state index contributed by atoms with van der Waals surface area (Å²) in [6.45, 7) is 0.631. The molecule has 2 N–H and O–H groups in total. The van der Waals surface area contributed by atoms with Crippen LogP contribution in [0.3, 0.4) is 0 Å². The Balaban J connectivity index is 2.44. The molecule has 0 aliphatic rings. The van der Waals surface area contributed by atoms with E-state index in [2.05, 4.69) is 33.2 Å². The van der Waals surface area contributed by atoms with Crippen LogP contribution in [-0.4, -0.2) is 16.3 Å². The van der Waals surface area contributed by atoms with Gasteiger partial charge in [0.1, 0.15) is 0 Å². The molecular weight excluding hydrogens is 266 g/mol. The highest BCUT2D eigenvalue weighted by Crippen LogP contribution is 2.27. The number of halogens is 1. The molecule has 0 radical (unpaired) electrons.